The largest absolute Gasteiger partial charge is 0.391 e. The molecule has 0 aliphatic carbocycles. The molecule has 1 saturated heterocycles. The molecule has 0 aromatic carbocycles. The Kier molecular flexibility index (Phi) is 3.10. The van der Waals surface area contributed by atoms with E-state index < -0.39 is 16.5 Å². The molecule has 0 saturated carbocycles. The first-order valence-corrected chi connectivity index (χ1v) is 5.02. The van der Waals surface area contributed by atoms with Crippen molar-refractivity contribution in [3.8, 4) is 0 Å². The highest BCUT2D eigenvalue weighted by Gasteiger charge is 2.43. The maximum absolute atomic E-state index is 11.5. The van der Waals surface area contributed by atoms with Gasteiger partial charge in [-0.25, -0.2) is 0 Å². The molecule has 0 bridgehead atoms. The summed E-state index contributed by atoms with van der Waals surface area (Å²) in [6.07, 6.45) is 0.0858. The molecule has 0 radical (unpaired) electrons. The number of carbonyl (C=O) groups excluding carboxylic acids is 1. The zero-order valence-electron chi connectivity index (χ0n) is 7.63. The van der Waals surface area contributed by atoms with Gasteiger partial charge in [0.2, 0.25) is 0 Å². The van der Waals surface area contributed by atoms with Crippen molar-refractivity contribution in [2.45, 2.75) is 36.7 Å². The van der Waals surface area contributed by atoms with E-state index in [9.17, 15) is 9.90 Å². The standard InChI is InChI=1S/C8H13Cl2NO2/c1-8(2)5(12)3-4-11(8)7(13)6(9)10/h5-6,12H,3-4H2,1-2H3. The summed E-state index contributed by atoms with van der Waals surface area (Å²) >= 11 is 11.0. The first-order chi connectivity index (χ1) is 5.87. The lowest BCUT2D eigenvalue weighted by Crippen LogP contribution is -2.49. The monoisotopic (exact) mass is 225 g/mol. The zero-order valence-corrected chi connectivity index (χ0v) is 9.14. The molecule has 3 nitrogen and oxygen atoms in total. The predicted octanol–water partition coefficient (Wildman–Crippen LogP) is 1.16. The van der Waals surface area contributed by atoms with E-state index in [0.717, 1.165) is 0 Å². The molecule has 0 spiro atoms. The van der Waals surface area contributed by atoms with Crippen LogP contribution in [0.15, 0.2) is 0 Å². The van der Waals surface area contributed by atoms with Gasteiger partial charge in [0, 0.05) is 6.54 Å². The first-order valence-electron chi connectivity index (χ1n) is 4.15. The van der Waals surface area contributed by atoms with Gasteiger partial charge < -0.3 is 10.0 Å². The number of amides is 1. The number of alkyl halides is 2. The van der Waals surface area contributed by atoms with Crippen LogP contribution < -0.4 is 0 Å². The van der Waals surface area contributed by atoms with Crippen LogP contribution in [-0.2, 0) is 4.79 Å². The van der Waals surface area contributed by atoms with Crippen LogP contribution in [0.25, 0.3) is 0 Å². The summed E-state index contributed by atoms with van der Waals surface area (Å²) in [5.41, 5.74) is -0.556. The van der Waals surface area contributed by atoms with Gasteiger partial charge >= 0.3 is 0 Å². The Bertz CT molecular complexity index is 218. The van der Waals surface area contributed by atoms with E-state index in [0.29, 0.717) is 13.0 Å². The molecule has 1 unspecified atom stereocenters. The number of halogens is 2. The Morgan fingerprint density at radius 2 is 2.15 bits per heavy atom. The van der Waals surface area contributed by atoms with E-state index >= 15 is 0 Å². The number of hydrogen-bond donors (Lipinski definition) is 1. The van der Waals surface area contributed by atoms with Crippen LogP contribution in [0.2, 0.25) is 0 Å². The van der Waals surface area contributed by atoms with E-state index in [1.165, 1.54) is 4.90 Å². The number of aliphatic hydroxyl groups excluding tert-OH is 1. The van der Waals surface area contributed by atoms with Crippen molar-refractivity contribution in [3.05, 3.63) is 0 Å². The molecule has 1 heterocycles. The minimum Gasteiger partial charge on any atom is -0.391 e. The Morgan fingerprint density at radius 3 is 2.46 bits per heavy atom. The summed E-state index contributed by atoms with van der Waals surface area (Å²) in [7, 11) is 0. The van der Waals surface area contributed by atoms with Gasteiger partial charge in [-0.05, 0) is 20.3 Å². The van der Waals surface area contributed by atoms with Gasteiger partial charge in [0.15, 0.2) is 4.84 Å². The number of nitrogens with zero attached hydrogens (tertiary/aromatic N) is 1. The number of aliphatic hydroxyl groups is 1. The van der Waals surface area contributed by atoms with Gasteiger partial charge in [0.05, 0.1) is 11.6 Å². The van der Waals surface area contributed by atoms with Crippen molar-refractivity contribution < 1.29 is 9.90 Å². The zero-order chi connectivity index (χ0) is 10.2. The molecule has 76 valence electrons. The highest BCUT2D eigenvalue weighted by Crippen LogP contribution is 2.30. The van der Waals surface area contributed by atoms with Gasteiger partial charge in [-0.1, -0.05) is 23.2 Å². The fraction of sp³-hybridized carbons (Fsp3) is 0.875. The number of likely N-dealkylation sites (tertiary alicyclic amines) is 1. The Balaban J connectivity index is 2.78. The van der Waals surface area contributed by atoms with Crippen molar-refractivity contribution in [3.63, 3.8) is 0 Å². The highest BCUT2D eigenvalue weighted by atomic mass is 35.5. The van der Waals surface area contributed by atoms with E-state index in [2.05, 4.69) is 0 Å². The van der Waals surface area contributed by atoms with Crippen LogP contribution >= 0.6 is 23.2 Å². The van der Waals surface area contributed by atoms with E-state index in [1.54, 1.807) is 13.8 Å². The average Bonchev–Trinajstić information content (AvgIpc) is 2.26. The highest BCUT2D eigenvalue weighted by molar-refractivity contribution is 6.53. The van der Waals surface area contributed by atoms with Crippen molar-refractivity contribution in [1.29, 1.82) is 0 Å². The molecule has 1 aliphatic heterocycles. The number of hydrogen-bond acceptors (Lipinski definition) is 2. The van der Waals surface area contributed by atoms with Gasteiger partial charge in [0.25, 0.3) is 5.91 Å². The van der Waals surface area contributed by atoms with Crippen LogP contribution in [0.1, 0.15) is 20.3 Å². The second-order valence-electron chi connectivity index (χ2n) is 3.75. The molecule has 0 aromatic rings. The van der Waals surface area contributed by atoms with Crippen LogP contribution in [0.5, 0.6) is 0 Å². The number of carbonyl (C=O) groups is 1. The normalized spacial score (nSPS) is 26.9. The molecular formula is C8H13Cl2NO2. The molecule has 13 heavy (non-hydrogen) atoms. The second-order valence-corrected chi connectivity index (χ2v) is 4.84. The predicted molar refractivity (Wildman–Crippen MR) is 51.9 cm³/mol. The van der Waals surface area contributed by atoms with Crippen LogP contribution in [0.3, 0.4) is 0 Å². The lowest BCUT2D eigenvalue weighted by molar-refractivity contribution is -0.134. The Labute approximate surface area is 87.6 Å². The molecule has 1 fully saturated rings. The summed E-state index contributed by atoms with van der Waals surface area (Å²) in [5, 5.41) is 9.58. The SMILES string of the molecule is CC1(C)C(O)CCN1C(=O)C(Cl)Cl. The minimum absolute atomic E-state index is 0.329. The summed E-state index contributed by atoms with van der Waals surface area (Å²) < 4.78 is 0. The topological polar surface area (TPSA) is 40.5 Å². The summed E-state index contributed by atoms with van der Waals surface area (Å²) in [6.45, 7) is 4.13. The fourth-order valence-corrected chi connectivity index (χ4v) is 1.82. The molecular weight excluding hydrogens is 213 g/mol. The van der Waals surface area contributed by atoms with Crippen molar-refractivity contribution in [2.75, 3.05) is 6.54 Å². The van der Waals surface area contributed by atoms with Gasteiger partial charge in [-0.2, -0.15) is 0 Å². The molecule has 1 aliphatic rings. The summed E-state index contributed by atoms with van der Waals surface area (Å²) in [4.78, 5) is 11.9. The van der Waals surface area contributed by atoms with E-state index in [1.807, 2.05) is 0 Å². The molecule has 1 atom stereocenters. The Morgan fingerprint density at radius 1 is 1.62 bits per heavy atom. The third-order valence-electron chi connectivity index (χ3n) is 2.59. The lowest BCUT2D eigenvalue weighted by atomic mass is 9.99. The van der Waals surface area contributed by atoms with Crippen molar-refractivity contribution in [2.24, 2.45) is 0 Å². The van der Waals surface area contributed by atoms with Gasteiger partial charge in [0.1, 0.15) is 0 Å². The maximum atomic E-state index is 11.5. The summed E-state index contributed by atoms with van der Waals surface area (Å²) in [5.74, 6) is -0.329. The molecule has 5 heteroatoms. The second kappa shape index (κ2) is 3.64. The molecule has 1 amide bonds. The minimum atomic E-state index is -1.04. The third kappa shape index (κ3) is 1.92. The molecule has 0 aromatic heterocycles. The number of rotatable bonds is 1. The van der Waals surface area contributed by atoms with Gasteiger partial charge in [-0.15, -0.1) is 0 Å². The van der Waals surface area contributed by atoms with E-state index in [4.69, 9.17) is 23.2 Å². The molecule has 1 rings (SSSR count). The summed E-state index contributed by atoms with van der Waals surface area (Å²) in [6, 6.07) is 0. The van der Waals surface area contributed by atoms with Crippen molar-refractivity contribution >= 4 is 29.1 Å². The quantitative estimate of drug-likeness (QED) is 0.681. The first kappa shape index (κ1) is 11.1. The lowest BCUT2D eigenvalue weighted by Gasteiger charge is -2.34. The van der Waals surface area contributed by atoms with E-state index in [-0.39, 0.29) is 5.91 Å². The Hall–Kier alpha value is 0.01000. The van der Waals surface area contributed by atoms with Crippen LogP contribution in [0, 0.1) is 0 Å². The third-order valence-corrected chi connectivity index (χ3v) is 2.96. The average molecular weight is 226 g/mol. The maximum Gasteiger partial charge on any atom is 0.256 e. The van der Waals surface area contributed by atoms with Crippen molar-refractivity contribution in [1.82, 2.24) is 4.90 Å². The smallest absolute Gasteiger partial charge is 0.256 e. The van der Waals surface area contributed by atoms with Crippen LogP contribution in [0.4, 0.5) is 0 Å². The van der Waals surface area contributed by atoms with Crippen LogP contribution in [-0.4, -0.2) is 38.9 Å². The van der Waals surface area contributed by atoms with Gasteiger partial charge in [-0.3, -0.25) is 4.79 Å². The molecule has 1 N–H and O–H groups in total. The fourth-order valence-electron chi connectivity index (χ4n) is 1.58.